The number of hydrogen-bond donors (Lipinski definition) is 1. The number of aromatic nitrogens is 7. The highest BCUT2D eigenvalue weighted by molar-refractivity contribution is 9.10. The van der Waals surface area contributed by atoms with Crippen molar-refractivity contribution in [3.63, 3.8) is 0 Å². The molecule has 0 spiro atoms. The molecule has 0 saturated heterocycles. The molecule has 10 heteroatoms. The van der Waals surface area contributed by atoms with Gasteiger partial charge in [-0.1, -0.05) is 24.3 Å². The second kappa shape index (κ2) is 8.23. The first-order valence-corrected chi connectivity index (χ1v) is 10.2. The van der Waals surface area contributed by atoms with Crippen molar-refractivity contribution in [2.24, 2.45) is 0 Å². The monoisotopic (exact) mass is 468 g/mol. The van der Waals surface area contributed by atoms with E-state index in [0.29, 0.717) is 13.2 Å². The highest BCUT2D eigenvalue weighted by Crippen LogP contribution is 2.19. The molecule has 154 valence electrons. The molecule has 1 N–H and O–H groups in total. The van der Waals surface area contributed by atoms with Crippen molar-refractivity contribution in [1.29, 1.82) is 0 Å². The Bertz CT molecular complexity index is 1210. The summed E-state index contributed by atoms with van der Waals surface area (Å²) in [7, 11) is 0. The van der Waals surface area contributed by atoms with E-state index in [-0.39, 0.29) is 17.5 Å². The fourth-order valence-electron chi connectivity index (χ4n) is 3.07. The molecule has 0 fully saturated rings. The largest absolute Gasteiger partial charge is 0.288 e. The topological polar surface area (TPSA) is 95.5 Å². The van der Waals surface area contributed by atoms with E-state index in [0.717, 1.165) is 21.4 Å². The fraction of sp³-hybridized carbons (Fsp3) is 0.250. The normalized spacial score (nSPS) is 11.1. The molecule has 0 unspecified atom stereocenters. The van der Waals surface area contributed by atoms with Crippen LogP contribution in [-0.2, 0) is 13.2 Å². The number of rotatable bonds is 6. The van der Waals surface area contributed by atoms with Crippen LogP contribution in [0.2, 0.25) is 0 Å². The first kappa shape index (κ1) is 20.0. The van der Waals surface area contributed by atoms with Crippen molar-refractivity contribution in [3.05, 3.63) is 75.5 Å². The Labute approximate surface area is 181 Å². The molecule has 0 aliphatic heterocycles. The van der Waals surface area contributed by atoms with Gasteiger partial charge in [0.15, 0.2) is 5.69 Å². The molecule has 9 nitrogen and oxygen atoms in total. The minimum atomic E-state index is -0.364. The Kier molecular flexibility index (Phi) is 5.49. The molecule has 30 heavy (non-hydrogen) atoms. The summed E-state index contributed by atoms with van der Waals surface area (Å²) in [5.74, 6) is -0.123. The summed E-state index contributed by atoms with van der Waals surface area (Å²) < 4.78 is 6.14. The third kappa shape index (κ3) is 4.18. The predicted octanol–water partition coefficient (Wildman–Crippen LogP) is 3.17. The molecule has 0 aliphatic rings. The van der Waals surface area contributed by atoms with Gasteiger partial charge in [-0.25, -0.2) is 14.3 Å². The van der Waals surface area contributed by atoms with Crippen molar-refractivity contribution in [3.8, 4) is 0 Å². The van der Waals surface area contributed by atoms with Gasteiger partial charge in [-0.05, 0) is 53.9 Å². The Morgan fingerprint density at radius 1 is 1.07 bits per heavy atom. The molecular formula is C20H21BrN8O. The van der Waals surface area contributed by atoms with Gasteiger partial charge < -0.3 is 0 Å². The SMILES string of the molecule is Cc1ccccc1Cn1cnc(NC(=O)c2ccn(Cn3nc(C)c(Br)c3C)n2)n1. The van der Waals surface area contributed by atoms with Crippen molar-refractivity contribution < 1.29 is 4.79 Å². The van der Waals surface area contributed by atoms with Crippen LogP contribution >= 0.6 is 15.9 Å². The van der Waals surface area contributed by atoms with Gasteiger partial charge in [0.2, 0.25) is 5.95 Å². The smallest absolute Gasteiger partial charge is 0.278 e. The minimum Gasteiger partial charge on any atom is -0.288 e. The number of nitrogens with zero attached hydrogens (tertiary/aromatic N) is 7. The van der Waals surface area contributed by atoms with Crippen molar-refractivity contribution in [2.45, 2.75) is 34.0 Å². The Morgan fingerprint density at radius 2 is 1.87 bits per heavy atom. The molecule has 0 bridgehead atoms. The van der Waals surface area contributed by atoms with Crippen molar-refractivity contribution in [1.82, 2.24) is 34.3 Å². The molecule has 0 radical (unpaired) electrons. The predicted molar refractivity (Wildman–Crippen MR) is 115 cm³/mol. The second-order valence-electron chi connectivity index (χ2n) is 7.01. The second-order valence-corrected chi connectivity index (χ2v) is 7.81. The zero-order valence-electron chi connectivity index (χ0n) is 16.9. The van der Waals surface area contributed by atoms with E-state index >= 15 is 0 Å². The summed E-state index contributed by atoms with van der Waals surface area (Å²) in [6.45, 7) is 6.95. The number of hydrogen-bond acceptors (Lipinski definition) is 5. The minimum absolute atomic E-state index is 0.241. The summed E-state index contributed by atoms with van der Waals surface area (Å²) in [5, 5.41) is 15.8. The third-order valence-corrected chi connectivity index (χ3v) is 5.95. The van der Waals surface area contributed by atoms with Crippen molar-refractivity contribution in [2.75, 3.05) is 5.32 Å². The van der Waals surface area contributed by atoms with E-state index in [9.17, 15) is 4.79 Å². The van der Waals surface area contributed by atoms with Crippen LogP contribution in [0, 0.1) is 20.8 Å². The van der Waals surface area contributed by atoms with Gasteiger partial charge in [-0.3, -0.25) is 14.8 Å². The number of halogens is 1. The van der Waals surface area contributed by atoms with E-state index < -0.39 is 0 Å². The Morgan fingerprint density at radius 3 is 2.60 bits per heavy atom. The van der Waals surface area contributed by atoms with E-state index in [2.05, 4.69) is 54.5 Å². The van der Waals surface area contributed by atoms with Gasteiger partial charge in [0, 0.05) is 6.20 Å². The molecule has 4 aromatic rings. The molecule has 3 heterocycles. The van der Waals surface area contributed by atoms with Crippen molar-refractivity contribution >= 4 is 27.8 Å². The van der Waals surface area contributed by atoms with Gasteiger partial charge in [0.05, 0.1) is 22.4 Å². The lowest BCUT2D eigenvalue weighted by molar-refractivity contribution is 0.102. The number of carbonyl (C=O) groups excluding carboxylic acids is 1. The number of anilines is 1. The number of amides is 1. The maximum Gasteiger partial charge on any atom is 0.278 e. The van der Waals surface area contributed by atoms with Crippen LogP contribution in [0.25, 0.3) is 0 Å². The van der Waals surface area contributed by atoms with E-state index in [1.54, 1.807) is 28.0 Å². The molecule has 3 aromatic heterocycles. The van der Waals surface area contributed by atoms with Gasteiger partial charge in [-0.2, -0.15) is 10.2 Å². The summed E-state index contributed by atoms with van der Waals surface area (Å²) in [4.78, 5) is 16.7. The zero-order chi connectivity index (χ0) is 21.3. The maximum absolute atomic E-state index is 12.5. The maximum atomic E-state index is 12.5. The number of benzene rings is 1. The van der Waals surface area contributed by atoms with Crippen LogP contribution in [0.15, 0.2) is 47.3 Å². The van der Waals surface area contributed by atoms with Gasteiger partial charge in [0.1, 0.15) is 13.0 Å². The summed E-state index contributed by atoms with van der Waals surface area (Å²) in [6.07, 6.45) is 3.34. The van der Waals surface area contributed by atoms with Gasteiger partial charge >= 0.3 is 0 Å². The summed E-state index contributed by atoms with van der Waals surface area (Å²) >= 11 is 3.51. The quantitative estimate of drug-likeness (QED) is 0.468. The highest BCUT2D eigenvalue weighted by atomic mass is 79.9. The summed E-state index contributed by atoms with van der Waals surface area (Å²) in [6, 6.07) is 9.74. The molecule has 1 aromatic carbocycles. The van der Waals surface area contributed by atoms with E-state index in [1.165, 1.54) is 5.56 Å². The molecule has 0 atom stereocenters. The van der Waals surface area contributed by atoms with Crippen LogP contribution in [0.1, 0.15) is 33.0 Å². The number of carbonyl (C=O) groups is 1. The molecule has 0 saturated carbocycles. The lowest BCUT2D eigenvalue weighted by atomic mass is 10.1. The zero-order valence-corrected chi connectivity index (χ0v) is 18.5. The van der Waals surface area contributed by atoms with Crippen LogP contribution in [-0.4, -0.2) is 40.2 Å². The Hall–Kier alpha value is -3.27. The lowest BCUT2D eigenvalue weighted by Gasteiger charge is -2.05. The Balaban J connectivity index is 1.41. The lowest BCUT2D eigenvalue weighted by Crippen LogP contribution is -2.16. The average molecular weight is 469 g/mol. The molecule has 1 amide bonds. The number of nitrogens with one attached hydrogen (secondary N) is 1. The standard InChI is InChI=1S/C20H21BrN8O/c1-13-6-4-5-7-16(13)10-28-11-22-20(26-28)23-19(30)17-8-9-27(25-17)12-29-15(3)18(21)14(2)24-29/h4-9,11H,10,12H2,1-3H3,(H,23,26,30). The van der Waals surface area contributed by atoms with Gasteiger partial charge in [-0.15, -0.1) is 5.10 Å². The van der Waals surface area contributed by atoms with Crippen LogP contribution in [0.5, 0.6) is 0 Å². The highest BCUT2D eigenvalue weighted by Gasteiger charge is 2.14. The van der Waals surface area contributed by atoms with E-state index in [1.807, 2.05) is 36.7 Å². The van der Waals surface area contributed by atoms with Crippen LogP contribution in [0.3, 0.4) is 0 Å². The fourth-order valence-corrected chi connectivity index (χ4v) is 3.35. The molecular weight excluding hydrogens is 448 g/mol. The van der Waals surface area contributed by atoms with Gasteiger partial charge in [0.25, 0.3) is 5.91 Å². The number of aryl methyl sites for hydroxylation is 2. The van der Waals surface area contributed by atoms with Crippen LogP contribution < -0.4 is 5.32 Å². The van der Waals surface area contributed by atoms with Crippen LogP contribution in [0.4, 0.5) is 5.95 Å². The molecule has 0 aliphatic carbocycles. The first-order chi connectivity index (χ1) is 14.4. The first-order valence-electron chi connectivity index (χ1n) is 9.39. The molecule has 4 rings (SSSR count). The summed E-state index contributed by atoms with van der Waals surface area (Å²) in [5.41, 5.74) is 4.52. The third-order valence-electron chi connectivity index (χ3n) is 4.80. The van der Waals surface area contributed by atoms with E-state index in [4.69, 9.17) is 0 Å². The average Bonchev–Trinajstić information content (AvgIpc) is 3.42.